The third-order valence-corrected chi connectivity index (χ3v) is 4.10. The Bertz CT molecular complexity index is 753. The predicted molar refractivity (Wildman–Crippen MR) is 90.5 cm³/mol. The molecule has 1 heterocycles. The normalized spacial score (nSPS) is 12.0. The highest BCUT2D eigenvalue weighted by Gasteiger charge is 2.27. The molecule has 1 amide bonds. The Labute approximate surface area is 148 Å². The molecule has 1 unspecified atom stereocenters. The molecule has 2 rings (SSSR count). The van der Waals surface area contributed by atoms with Crippen LogP contribution in [0.2, 0.25) is 10.0 Å². The van der Waals surface area contributed by atoms with Gasteiger partial charge in [-0.05, 0) is 25.5 Å². The second kappa shape index (κ2) is 7.68. The van der Waals surface area contributed by atoms with Gasteiger partial charge in [0.15, 0.2) is 0 Å². The largest absolute Gasteiger partial charge is 0.480 e. The van der Waals surface area contributed by atoms with Crippen molar-refractivity contribution >= 4 is 35.1 Å². The summed E-state index contributed by atoms with van der Waals surface area (Å²) in [7, 11) is 0. The number of halogens is 2. The van der Waals surface area contributed by atoms with Crippen molar-refractivity contribution in [3.05, 3.63) is 39.6 Å². The van der Waals surface area contributed by atoms with Gasteiger partial charge in [-0.2, -0.15) is 0 Å². The zero-order chi connectivity index (χ0) is 17.9. The number of aryl methyl sites for hydroxylation is 1. The minimum atomic E-state index is -1.10. The average molecular weight is 371 g/mol. The van der Waals surface area contributed by atoms with Crippen LogP contribution in [0.1, 0.15) is 35.9 Å². The molecule has 0 aliphatic heterocycles. The Kier molecular flexibility index (Phi) is 5.85. The first-order valence-corrected chi connectivity index (χ1v) is 8.06. The molecule has 1 aromatic heterocycles. The molecule has 0 radical (unpaired) electrons. The zero-order valence-electron chi connectivity index (χ0n) is 13.1. The lowest BCUT2D eigenvalue weighted by molar-refractivity contribution is -0.139. The third kappa shape index (κ3) is 3.71. The Morgan fingerprint density at radius 2 is 1.96 bits per heavy atom. The van der Waals surface area contributed by atoms with Gasteiger partial charge in [0.25, 0.3) is 5.91 Å². The molecule has 0 fully saturated rings. The molecule has 0 bridgehead atoms. The summed E-state index contributed by atoms with van der Waals surface area (Å²) in [4.78, 5) is 23.8. The maximum atomic E-state index is 12.6. The van der Waals surface area contributed by atoms with E-state index in [1.165, 1.54) is 0 Å². The topological polar surface area (TPSA) is 92.4 Å². The van der Waals surface area contributed by atoms with E-state index in [4.69, 9.17) is 27.7 Å². The summed E-state index contributed by atoms with van der Waals surface area (Å²) >= 11 is 12.3. The van der Waals surface area contributed by atoms with Crippen LogP contribution in [0.5, 0.6) is 0 Å². The van der Waals surface area contributed by atoms with E-state index in [-0.39, 0.29) is 17.0 Å². The molecule has 2 aromatic rings. The van der Waals surface area contributed by atoms with Gasteiger partial charge in [0.05, 0.1) is 10.0 Å². The molecule has 1 atom stereocenters. The van der Waals surface area contributed by atoms with Crippen LogP contribution in [0.15, 0.2) is 22.7 Å². The number of aromatic nitrogens is 1. The van der Waals surface area contributed by atoms with Crippen LogP contribution in [0, 0.1) is 6.92 Å². The molecule has 0 spiro atoms. The van der Waals surface area contributed by atoms with Crippen LogP contribution in [-0.2, 0) is 4.79 Å². The van der Waals surface area contributed by atoms with Crippen molar-refractivity contribution in [2.24, 2.45) is 0 Å². The smallest absolute Gasteiger partial charge is 0.326 e. The zero-order valence-corrected chi connectivity index (χ0v) is 14.6. The minimum absolute atomic E-state index is 0.118. The molecule has 128 valence electrons. The molecule has 0 aliphatic carbocycles. The lowest BCUT2D eigenvalue weighted by atomic mass is 10.0. The Morgan fingerprint density at radius 1 is 1.33 bits per heavy atom. The van der Waals surface area contributed by atoms with Crippen molar-refractivity contribution in [3.63, 3.8) is 0 Å². The van der Waals surface area contributed by atoms with Crippen molar-refractivity contribution in [2.45, 2.75) is 32.7 Å². The van der Waals surface area contributed by atoms with Crippen molar-refractivity contribution in [3.8, 4) is 11.3 Å². The number of carbonyl (C=O) groups is 2. The molecular formula is C16H16Cl2N2O4. The summed E-state index contributed by atoms with van der Waals surface area (Å²) in [5, 5.41) is 16.2. The second-order valence-corrected chi connectivity index (χ2v) is 6.03. The Morgan fingerprint density at radius 3 is 2.50 bits per heavy atom. The molecule has 0 saturated carbocycles. The first kappa shape index (κ1) is 18.3. The van der Waals surface area contributed by atoms with E-state index in [0.717, 1.165) is 0 Å². The summed E-state index contributed by atoms with van der Waals surface area (Å²) in [6.07, 6.45) is 0.927. The maximum Gasteiger partial charge on any atom is 0.326 e. The first-order valence-electron chi connectivity index (χ1n) is 7.31. The van der Waals surface area contributed by atoms with Crippen molar-refractivity contribution < 1.29 is 19.2 Å². The van der Waals surface area contributed by atoms with E-state index in [2.05, 4.69) is 10.5 Å². The number of hydrogen-bond donors (Lipinski definition) is 2. The van der Waals surface area contributed by atoms with Crippen LogP contribution in [0.3, 0.4) is 0 Å². The summed E-state index contributed by atoms with van der Waals surface area (Å²) in [6, 6.07) is 3.91. The maximum absolute atomic E-state index is 12.6. The van der Waals surface area contributed by atoms with Crippen LogP contribution in [-0.4, -0.2) is 28.2 Å². The molecule has 6 nitrogen and oxygen atoms in total. The molecular weight excluding hydrogens is 355 g/mol. The number of nitrogens with zero attached hydrogens (tertiary/aromatic N) is 1. The van der Waals surface area contributed by atoms with Crippen molar-refractivity contribution in [2.75, 3.05) is 0 Å². The highest BCUT2D eigenvalue weighted by Crippen LogP contribution is 2.36. The number of carboxylic acid groups (broad SMARTS) is 1. The molecule has 1 aromatic carbocycles. The van der Waals surface area contributed by atoms with Crippen molar-refractivity contribution in [1.82, 2.24) is 10.5 Å². The van der Waals surface area contributed by atoms with Gasteiger partial charge in [0, 0.05) is 5.56 Å². The van der Waals surface area contributed by atoms with Gasteiger partial charge in [-0.25, -0.2) is 4.79 Å². The fourth-order valence-electron chi connectivity index (χ4n) is 2.31. The van der Waals surface area contributed by atoms with Crippen LogP contribution < -0.4 is 5.32 Å². The predicted octanol–water partition coefficient (Wildman–Crippen LogP) is 3.94. The van der Waals surface area contributed by atoms with Gasteiger partial charge in [-0.3, -0.25) is 4.79 Å². The molecule has 2 N–H and O–H groups in total. The quantitative estimate of drug-likeness (QED) is 0.802. The van der Waals surface area contributed by atoms with Gasteiger partial charge in [0.1, 0.15) is 23.1 Å². The standard InChI is InChI=1S/C16H16Cl2N2O4/c1-3-5-11(16(22)23)19-15(21)12-8(2)24-20-14(12)13-9(17)6-4-7-10(13)18/h4,6-7,11H,3,5H2,1-2H3,(H,19,21)(H,22,23). The number of amides is 1. The van der Waals surface area contributed by atoms with Crippen molar-refractivity contribution in [1.29, 1.82) is 0 Å². The lowest BCUT2D eigenvalue weighted by Crippen LogP contribution is -2.40. The number of carbonyl (C=O) groups excluding carboxylic acids is 1. The third-order valence-electron chi connectivity index (χ3n) is 3.47. The van der Waals surface area contributed by atoms with Gasteiger partial charge in [-0.1, -0.05) is 47.8 Å². The fourth-order valence-corrected chi connectivity index (χ4v) is 2.89. The van der Waals surface area contributed by atoms with Gasteiger partial charge >= 0.3 is 5.97 Å². The van der Waals surface area contributed by atoms with E-state index in [0.29, 0.717) is 28.5 Å². The number of nitrogens with one attached hydrogen (secondary N) is 1. The van der Waals surface area contributed by atoms with Crippen LogP contribution in [0.4, 0.5) is 0 Å². The second-order valence-electron chi connectivity index (χ2n) is 5.21. The van der Waals surface area contributed by atoms with E-state index < -0.39 is 17.9 Å². The summed E-state index contributed by atoms with van der Waals surface area (Å²) in [5.74, 6) is -1.45. The van der Waals surface area contributed by atoms with Gasteiger partial charge in [-0.15, -0.1) is 0 Å². The Hall–Kier alpha value is -2.05. The van der Waals surface area contributed by atoms with Gasteiger partial charge < -0.3 is 14.9 Å². The number of hydrogen-bond acceptors (Lipinski definition) is 4. The van der Waals surface area contributed by atoms with E-state index in [1.54, 1.807) is 25.1 Å². The van der Waals surface area contributed by atoms with Crippen LogP contribution in [0.25, 0.3) is 11.3 Å². The SMILES string of the molecule is CCCC(NC(=O)c1c(-c2c(Cl)cccc2Cl)noc1C)C(=O)O. The first-order chi connectivity index (χ1) is 11.4. The fraction of sp³-hybridized carbons (Fsp3) is 0.312. The number of rotatable bonds is 6. The molecule has 8 heteroatoms. The molecule has 24 heavy (non-hydrogen) atoms. The van der Waals surface area contributed by atoms with E-state index in [1.807, 2.05) is 6.92 Å². The van der Waals surface area contributed by atoms with E-state index in [9.17, 15) is 14.7 Å². The highest BCUT2D eigenvalue weighted by atomic mass is 35.5. The van der Waals surface area contributed by atoms with E-state index >= 15 is 0 Å². The summed E-state index contributed by atoms with van der Waals surface area (Å²) in [6.45, 7) is 3.40. The summed E-state index contributed by atoms with van der Waals surface area (Å²) < 4.78 is 5.11. The average Bonchev–Trinajstić information content (AvgIpc) is 2.88. The number of carboxylic acids is 1. The lowest BCUT2D eigenvalue weighted by Gasteiger charge is -2.14. The highest BCUT2D eigenvalue weighted by molar-refractivity contribution is 6.39. The monoisotopic (exact) mass is 370 g/mol. The van der Waals surface area contributed by atoms with Crippen LogP contribution >= 0.6 is 23.2 Å². The number of benzene rings is 1. The van der Waals surface area contributed by atoms with Gasteiger partial charge in [0.2, 0.25) is 0 Å². The summed E-state index contributed by atoms with van der Waals surface area (Å²) in [5.41, 5.74) is 0.666. The number of aliphatic carboxylic acids is 1. The molecule has 0 aliphatic rings. The molecule has 0 saturated heterocycles. The Balaban J connectivity index is 2.43. The minimum Gasteiger partial charge on any atom is -0.480 e.